The average Bonchev–Trinajstić information content (AvgIpc) is 2.40. The largest absolute Gasteiger partial charge is 0.347 e. The number of halogens is 2. The maximum Gasteiger partial charge on any atom is 0.257 e. The quantitative estimate of drug-likeness (QED) is 0.829. The Bertz CT molecular complexity index is 508. The van der Waals surface area contributed by atoms with Crippen molar-refractivity contribution in [1.82, 2.24) is 20.0 Å². The molecule has 2 amide bonds. The molecule has 110 valence electrons. The molecule has 0 aromatic carbocycles. The minimum atomic E-state index is -0.385. The summed E-state index contributed by atoms with van der Waals surface area (Å²) in [6, 6.07) is 1.35. The molecule has 0 radical (unpaired) electrons. The van der Waals surface area contributed by atoms with Crippen LogP contribution >= 0.6 is 23.2 Å². The van der Waals surface area contributed by atoms with E-state index in [0.29, 0.717) is 6.54 Å². The van der Waals surface area contributed by atoms with Crippen molar-refractivity contribution in [1.29, 1.82) is 0 Å². The molecule has 1 rings (SSSR count). The summed E-state index contributed by atoms with van der Waals surface area (Å²) in [7, 11) is 3.27. The Hall–Kier alpha value is -1.40. The zero-order valence-electron chi connectivity index (χ0n) is 11.6. The first-order valence-electron chi connectivity index (χ1n) is 6.05. The minimum Gasteiger partial charge on any atom is -0.347 e. The van der Waals surface area contributed by atoms with Crippen LogP contribution in [0.5, 0.6) is 0 Å². The molecular formula is C12H16Cl2N4O2. The highest BCUT2D eigenvalue weighted by molar-refractivity contribution is 6.34. The van der Waals surface area contributed by atoms with Gasteiger partial charge in [0, 0.05) is 20.6 Å². The second-order valence-electron chi connectivity index (χ2n) is 4.39. The van der Waals surface area contributed by atoms with Gasteiger partial charge in [0.25, 0.3) is 5.91 Å². The fraction of sp³-hybridized carbons (Fsp3) is 0.500. The lowest BCUT2D eigenvalue weighted by Crippen LogP contribution is -2.40. The summed E-state index contributed by atoms with van der Waals surface area (Å²) >= 11 is 11.6. The van der Waals surface area contributed by atoms with Crippen molar-refractivity contribution < 1.29 is 9.59 Å². The van der Waals surface area contributed by atoms with E-state index in [1.807, 2.05) is 6.92 Å². The molecule has 20 heavy (non-hydrogen) atoms. The molecule has 0 unspecified atom stereocenters. The lowest BCUT2D eigenvalue weighted by molar-refractivity contribution is -0.129. The highest BCUT2D eigenvalue weighted by Crippen LogP contribution is 2.17. The van der Waals surface area contributed by atoms with Gasteiger partial charge in [-0.2, -0.15) is 0 Å². The normalized spacial score (nSPS) is 10.2. The van der Waals surface area contributed by atoms with Gasteiger partial charge >= 0.3 is 0 Å². The summed E-state index contributed by atoms with van der Waals surface area (Å²) in [5, 5.41) is 7.20. The van der Waals surface area contributed by atoms with Crippen LogP contribution in [0, 0.1) is 0 Å². The Morgan fingerprint density at radius 2 is 1.90 bits per heavy atom. The van der Waals surface area contributed by atoms with E-state index in [1.54, 1.807) is 14.1 Å². The van der Waals surface area contributed by atoms with Gasteiger partial charge in [-0.05, 0) is 12.5 Å². The van der Waals surface area contributed by atoms with Crippen molar-refractivity contribution in [3.8, 4) is 0 Å². The lowest BCUT2D eigenvalue weighted by atomic mass is 10.2. The van der Waals surface area contributed by atoms with E-state index in [2.05, 4.69) is 10.2 Å². The number of hydrogen-bond acceptors (Lipinski definition) is 4. The van der Waals surface area contributed by atoms with E-state index in [0.717, 1.165) is 6.42 Å². The Morgan fingerprint density at radius 1 is 1.25 bits per heavy atom. The Balaban J connectivity index is 2.99. The Morgan fingerprint density at radius 3 is 2.45 bits per heavy atom. The number of carbonyl (C=O) groups is 2. The van der Waals surface area contributed by atoms with Gasteiger partial charge in [-0.3, -0.25) is 9.59 Å². The van der Waals surface area contributed by atoms with Crippen LogP contribution in [0.2, 0.25) is 10.3 Å². The van der Waals surface area contributed by atoms with Crippen molar-refractivity contribution in [2.24, 2.45) is 0 Å². The SMILES string of the molecule is CCCN(CC(=O)N(C)C)C(=O)c1cc(Cl)nnc1Cl. The van der Waals surface area contributed by atoms with Gasteiger partial charge in [-0.15, -0.1) is 10.2 Å². The zero-order valence-corrected chi connectivity index (χ0v) is 13.1. The molecule has 0 aliphatic rings. The first-order valence-corrected chi connectivity index (χ1v) is 6.80. The first-order chi connectivity index (χ1) is 9.36. The molecule has 0 saturated heterocycles. The molecule has 0 bridgehead atoms. The Kier molecular flexibility index (Phi) is 6.16. The van der Waals surface area contributed by atoms with Gasteiger partial charge in [0.1, 0.15) is 6.54 Å². The molecule has 0 aliphatic heterocycles. The highest BCUT2D eigenvalue weighted by Gasteiger charge is 2.22. The van der Waals surface area contributed by atoms with Crippen LogP contribution in [-0.4, -0.2) is 59.0 Å². The van der Waals surface area contributed by atoms with Gasteiger partial charge in [0.2, 0.25) is 5.91 Å². The van der Waals surface area contributed by atoms with Crippen LogP contribution < -0.4 is 0 Å². The third-order valence-electron chi connectivity index (χ3n) is 2.56. The summed E-state index contributed by atoms with van der Waals surface area (Å²) in [5.41, 5.74) is 0.145. The van der Waals surface area contributed by atoms with Crippen molar-refractivity contribution in [3.05, 3.63) is 21.9 Å². The van der Waals surface area contributed by atoms with E-state index < -0.39 is 0 Å². The van der Waals surface area contributed by atoms with Crippen molar-refractivity contribution >= 4 is 35.0 Å². The van der Waals surface area contributed by atoms with Gasteiger partial charge in [-0.25, -0.2) is 0 Å². The van der Waals surface area contributed by atoms with Crippen LogP contribution in [0.1, 0.15) is 23.7 Å². The van der Waals surface area contributed by atoms with Crippen LogP contribution in [0.25, 0.3) is 0 Å². The smallest absolute Gasteiger partial charge is 0.257 e. The van der Waals surface area contributed by atoms with Crippen LogP contribution in [0.4, 0.5) is 0 Å². The molecule has 0 spiro atoms. The van der Waals surface area contributed by atoms with Gasteiger partial charge in [0.05, 0.1) is 5.56 Å². The van der Waals surface area contributed by atoms with E-state index in [9.17, 15) is 9.59 Å². The minimum absolute atomic E-state index is 0.0179. The molecular weight excluding hydrogens is 303 g/mol. The molecule has 6 nitrogen and oxygen atoms in total. The molecule has 1 aromatic rings. The molecule has 8 heteroatoms. The number of aromatic nitrogens is 2. The molecule has 0 aliphatic carbocycles. The van der Waals surface area contributed by atoms with E-state index in [-0.39, 0.29) is 34.2 Å². The third-order valence-corrected chi connectivity index (χ3v) is 3.02. The van der Waals surface area contributed by atoms with Crippen molar-refractivity contribution in [3.63, 3.8) is 0 Å². The van der Waals surface area contributed by atoms with Crippen molar-refractivity contribution in [2.45, 2.75) is 13.3 Å². The lowest BCUT2D eigenvalue weighted by Gasteiger charge is -2.23. The second kappa shape index (κ2) is 7.40. The van der Waals surface area contributed by atoms with E-state index >= 15 is 0 Å². The maximum atomic E-state index is 12.4. The number of nitrogens with zero attached hydrogens (tertiary/aromatic N) is 4. The molecule has 0 atom stereocenters. The first kappa shape index (κ1) is 16.7. The summed E-state index contributed by atoms with van der Waals surface area (Å²) in [5.74, 6) is -0.556. The molecule has 0 N–H and O–H groups in total. The van der Waals surface area contributed by atoms with E-state index in [4.69, 9.17) is 23.2 Å². The summed E-state index contributed by atoms with van der Waals surface area (Å²) in [4.78, 5) is 27.0. The second-order valence-corrected chi connectivity index (χ2v) is 5.13. The Labute approximate surface area is 127 Å². The number of hydrogen-bond donors (Lipinski definition) is 0. The molecule has 1 aromatic heterocycles. The molecule has 1 heterocycles. The van der Waals surface area contributed by atoms with Crippen LogP contribution in [0.3, 0.4) is 0 Å². The van der Waals surface area contributed by atoms with Gasteiger partial charge < -0.3 is 9.80 Å². The third kappa shape index (κ3) is 4.31. The predicted octanol–water partition coefficient (Wildman–Crippen LogP) is 1.72. The summed E-state index contributed by atoms with van der Waals surface area (Å²) in [6.45, 7) is 2.34. The maximum absolute atomic E-state index is 12.4. The number of carbonyl (C=O) groups excluding carboxylic acids is 2. The number of rotatable bonds is 5. The predicted molar refractivity (Wildman–Crippen MR) is 76.9 cm³/mol. The summed E-state index contributed by atoms with van der Waals surface area (Å²) < 4.78 is 0. The zero-order chi connectivity index (χ0) is 15.3. The van der Waals surface area contributed by atoms with Crippen LogP contribution in [-0.2, 0) is 4.79 Å². The molecule has 0 fully saturated rings. The standard InChI is InChI=1S/C12H16Cl2N4O2/c1-4-5-18(7-10(19)17(2)3)12(20)8-6-9(13)15-16-11(8)14/h6H,4-5,7H2,1-3H3. The van der Waals surface area contributed by atoms with Crippen molar-refractivity contribution in [2.75, 3.05) is 27.2 Å². The van der Waals surface area contributed by atoms with Crippen LogP contribution in [0.15, 0.2) is 6.07 Å². The number of likely N-dealkylation sites (N-methyl/N-ethyl adjacent to an activating group) is 1. The topological polar surface area (TPSA) is 66.4 Å². The number of amides is 2. The fourth-order valence-corrected chi connectivity index (χ4v) is 1.82. The van der Waals surface area contributed by atoms with Gasteiger partial charge in [0.15, 0.2) is 10.3 Å². The highest BCUT2D eigenvalue weighted by atomic mass is 35.5. The summed E-state index contributed by atoms with van der Waals surface area (Å²) in [6.07, 6.45) is 0.719. The van der Waals surface area contributed by atoms with Gasteiger partial charge in [-0.1, -0.05) is 30.1 Å². The molecule has 0 saturated carbocycles. The average molecular weight is 319 g/mol. The monoisotopic (exact) mass is 318 g/mol. The fourth-order valence-electron chi connectivity index (χ4n) is 1.50. The van der Waals surface area contributed by atoms with E-state index in [1.165, 1.54) is 15.9 Å².